The largest absolute Gasteiger partial charge is 0.504 e. The number of piperazine rings is 1. The highest BCUT2D eigenvalue weighted by molar-refractivity contribution is 6.33. The van der Waals surface area contributed by atoms with E-state index in [4.69, 9.17) is 16.6 Å². The molecule has 0 aliphatic carbocycles. The van der Waals surface area contributed by atoms with E-state index < -0.39 is 35.7 Å². The second-order valence-corrected chi connectivity index (χ2v) is 13.9. The zero-order valence-corrected chi connectivity index (χ0v) is 31.0. The molecule has 0 unspecified atom stereocenters. The van der Waals surface area contributed by atoms with Crippen molar-refractivity contribution in [3.8, 4) is 17.1 Å². The second-order valence-electron chi connectivity index (χ2n) is 13.5. The number of benzene rings is 2. The Hall–Kier alpha value is -5.97. The SMILES string of the molecule is CCc1c(N2CCN(C(=O)c3ncnc(C)c3O)CC2)c(=O)n2nc(-c3ccc4c(ccn4C(C)C)c3)nc2n1CC(=O)Nc1ccc(C(F)(F)F)cc1Cl. The number of aryl methyl sites for hydroxylation is 1. The van der Waals surface area contributed by atoms with Gasteiger partial charge >= 0.3 is 6.18 Å². The Bertz CT molecular complexity index is 2540. The molecule has 1 aliphatic rings. The van der Waals surface area contributed by atoms with Crippen LogP contribution in [0.3, 0.4) is 0 Å². The molecule has 0 spiro atoms. The number of nitrogens with zero attached hydrogens (tertiary/aromatic N) is 9. The van der Waals surface area contributed by atoms with Crippen LogP contribution in [0.2, 0.25) is 5.02 Å². The van der Waals surface area contributed by atoms with Crippen molar-refractivity contribution in [1.29, 1.82) is 0 Å². The molecule has 18 heteroatoms. The number of fused-ring (bicyclic) bond motifs is 2. The summed E-state index contributed by atoms with van der Waals surface area (Å²) in [5.41, 5.74) is 1.04. The Morgan fingerprint density at radius 1 is 1.04 bits per heavy atom. The molecular weight excluding hydrogens is 741 g/mol. The van der Waals surface area contributed by atoms with Gasteiger partial charge in [0.05, 0.1) is 27.7 Å². The van der Waals surface area contributed by atoms with E-state index in [9.17, 15) is 32.7 Å². The first-order valence-electron chi connectivity index (χ1n) is 17.5. The fourth-order valence-corrected chi connectivity index (χ4v) is 7.07. The Morgan fingerprint density at radius 2 is 1.78 bits per heavy atom. The lowest BCUT2D eigenvalue weighted by Crippen LogP contribution is -2.51. The summed E-state index contributed by atoms with van der Waals surface area (Å²) in [6.07, 6.45) is -1.15. The minimum absolute atomic E-state index is 0.0236. The van der Waals surface area contributed by atoms with Gasteiger partial charge in [0.2, 0.25) is 11.7 Å². The van der Waals surface area contributed by atoms with Gasteiger partial charge in [0.25, 0.3) is 11.5 Å². The smallest absolute Gasteiger partial charge is 0.416 e. The van der Waals surface area contributed by atoms with Gasteiger partial charge in [-0.05, 0) is 69.7 Å². The van der Waals surface area contributed by atoms with Crippen molar-refractivity contribution in [3.05, 3.63) is 93.0 Å². The van der Waals surface area contributed by atoms with Crippen LogP contribution in [0.4, 0.5) is 24.5 Å². The average molecular weight is 777 g/mol. The van der Waals surface area contributed by atoms with E-state index >= 15 is 0 Å². The summed E-state index contributed by atoms with van der Waals surface area (Å²) in [7, 11) is 0. The third-order valence-corrected chi connectivity index (χ3v) is 9.97. The van der Waals surface area contributed by atoms with Crippen LogP contribution in [-0.4, -0.2) is 81.7 Å². The average Bonchev–Trinajstić information content (AvgIpc) is 3.79. The standard InChI is InChI=1S/C37H36ClF3N10O4/c1-5-27-31(47-12-14-48(15-13-47)34(54)30-32(53)21(4)42-19-43-30)35(55)51-36(45-33(46-51)23-6-9-28-22(16-23)10-11-49(28)20(2)3)50(27)18-29(52)44-26-8-7-24(17-25(26)38)37(39,40)41/h6-11,16-17,19-20,53H,5,12-15,18H2,1-4H3,(H,44,52). The fraction of sp³-hybridized carbons (Fsp3) is 0.324. The molecule has 286 valence electrons. The molecule has 55 heavy (non-hydrogen) atoms. The molecule has 2 aromatic carbocycles. The molecule has 2 N–H and O–H groups in total. The number of rotatable bonds is 8. The Balaban J connectivity index is 1.27. The number of hydrogen-bond acceptors (Lipinski definition) is 9. The zero-order valence-electron chi connectivity index (χ0n) is 30.2. The summed E-state index contributed by atoms with van der Waals surface area (Å²) < 4.78 is 44.7. The number of amides is 2. The van der Waals surface area contributed by atoms with Gasteiger partial charge in [0.15, 0.2) is 17.3 Å². The van der Waals surface area contributed by atoms with Gasteiger partial charge in [-0.1, -0.05) is 18.5 Å². The number of halogens is 4. The van der Waals surface area contributed by atoms with Crippen molar-refractivity contribution in [2.75, 3.05) is 36.4 Å². The summed E-state index contributed by atoms with van der Waals surface area (Å²) in [5.74, 6) is -1.09. The summed E-state index contributed by atoms with van der Waals surface area (Å²) >= 11 is 6.16. The van der Waals surface area contributed by atoms with Crippen molar-refractivity contribution < 1.29 is 27.9 Å². The third kappa shape index (κ3) is 6.95. The molecular formula is C37H36ClF3N10O4. The maximum atomic E-state index is 14.4. The topological polar surface area (TPSA) is 156 Å². The quantitative estimate of drug-likeness (QED) is 0.197. The van der Waals surface area contributed by atoms with Gasteiger partial charge in [-0.25, -0.2) is 9.97 Å². The van der Waals surface area contributed by atoms with E-state index in [1.54, 1.807) is 11.5 Å². The van der Waals surface area contributed by atoms with E-state index in [-0.39, 0.29) is 83.8 Å². The molecule has 0 saturated carbocycles. The number of carbonyl (C=O) groups excluding carboxylic acids is 2. The van der Waals surface area contributed by atoms with Crippen LogP contribution in [-0.2, 0) is 23.9 Å². The van der Waals surface area contributed by atoms with Crippen LogP contribution >= 0.6 is 11.6 Å². The molecule has 0 radical (unpaired) electrons. The highest BCUT2D eigenvalue weighted by atomic mass is 35.5. The second kappa shape index (κ2) is 14.4. The molecule has 1 aliphatic heterocycles. The molecule has 7 rings (SSSR count). The van der Waals surface area contributed by atoms with Gasteiger partial charge < -0.3 is 29.4 Å². The number of nitrogens with one attached hydrogen (secondary N) is 1. The molecule has 1 fully saturated rings. The molecule has 5 heterocycles. The van der Waals surface area contributed by atoms with Gasteiger partial charge in [-0.15, -0.1) is 5.10 Å². The predicted molar refractivity (Wildman–Crippen MR) is 200 cm³/mol. The third-order valence-electron chi connectivity index (χ3n) is 9.66. The van der Waals surface area contributed by atoms with Crippen LogP contribution in [0.5, 0.6) is 5.75 Å². The van der Waals surface area contributed by atoms with Crippen LogP contribution in [0.25, 0.3) is 28.1 Å². The monoisotopic (exact) mass is 776 g/mol. The van der Waals surface area contributed by atoms with Gasteiger partial charge in [-0.2, -0.15) is 22.7 Å². The van der Waals surface area contributed by atoms with Crippen LogP contribution in [0, 0.1) is 6.92 Å². The van der Waals surface area contributed by atoms with Crippen LogP contribution < -0.4 is 15.8 Å². The van der Waals surface area contributed by atoms with Crippen LogP contribution in [0.1, 0.15) is 54.3 Å². The number of alkyl halides is 3. The number of anilines is 2. The Labute approximate surface area is 316 Å². The first-order valence-corrected chi connectivity index (χ1v) is 17.9. The van der Waals surface area contributed by atoms with E-state index in [2.05, 4.69) is 38.8 Å². The molecule has 6 aromatic rings. The van der Waals surface area contributed by atoms with Crippen molar-refractivity contribution in [1.82, 2.24) is 38.6 Å². The first-order chi connectivity index (χ1) is 26.2. The Kier molecular flexibility index (Phi) is 9.75. The minimum atomic E-state index is -4.62. The summed E-state index contributed by atoms with van der Waals surface area (Å²) in [5, 5.41) is 18.3. The number of hydrogen-bond donors (Lipinski definition) is 2. The number of carbonyl (C=O) groups is 2. The van der Waals surface area contributed by atoms with Crippen molar-refractivity contribution in [3.63, 3.8) is 0 Å². The highest BCUT2D eigenvalue weighted by Gasteiger charge is 2.32. The maximum Gasteiger partial charge on any atom is 0.416 e. The molecule has 0 bridgehead atoms. The fourth-order valence-electron chi connectivity index (χ4n) is 6.84. The summed E-state index contributed by atoms with van der Waals surface area (Å²) in [6, 6.07) is 10.6. The van der Waals surface area contributed by atoms with E-state index in [0.717, 1.165) is 33.6 Å². The van der Waals surface area contributed by atoms with Gasteiger partial charge in [0.1, 0.15) is 18.6 Å². The number of aromatic nitrogens is 7. The number of aromatic hydroxyl groups is 1. The molecule has 1 saturated heterocycles. The Morgan fingerprint density at radius 3 is 2.45 bits per heavy atom. The molecule has 0 atom stereocenters. The normalized spacial score (nSPS) is 13.7. The van der Waals surface area contributed by atoms with Crippen molar-refractivity contribution in [2.45, 2.75) is 52.9 Å². The van der Waals surface area contributed by atoms with Crippen LogP contribution in [0.15, 0.2) is 59.8 Å². The lowest BCUT2D eigenvalue weighted by Gasteiger charge is -2.36. The van der Waals surface area contributed by atoms with Gasteiger partial charge in [0, 0.05) is 54.9 Å². The van der Waals surface area contributed by atoms with E-state index in [0.29, 0.717) is 11.3 Å². The van der Waals surface area contributed by atoms with E-state index in [1.807, 2.05) is 42.3 Å². The minimum Gasteiger partial charge on any atom is -0.504 e. The lowest BCUT2D eigenvalue weighted by atomic mass is 10.1. The van der Waals surface area contributed by atoms with Crippen molar-refractivity contribution in [2.24, 2.45) is 0 Å². The van der Waals surface area contributed by atoms with E-state index in [1.165, 1.54) is 11.2 Å². The zero-order chi connectivity index (χ0) is 39.3. The summed E-state index contributed by atoms with van der Waals surface area (Å²) in [6.45, 7) is 7.98. The first kappa shape index (κ1) is 37.3. The van der Waals surface area contributed by atoms with Gasteiger partial charge in [-0.3, -0.25) is 14.4 Å². The summed E-state index contributed by atoms with van der Waals surface area (Å²) in [4.78, 5) is 57.4. The maximum absolute atomic E-state index is 14.4. The lowest BCUT2D eigenvalue weighted by molar-refractivity contribution is -0.137. The molecule has 14 nitrogen and oxygen atoms in total. The molecule has 2 amide bonds. The highest BCUT2D eigenvalue weighted by Crippen LogP contribution is 2.34. The van der Waals surface area contributed by atoms with Crippen molar-refractivity contribution >= 4 is 51.5 Å². The molecule has 4 aromatic heterocycles. The predicted octanol–water partition coefficient (Wildman–Crippen LogP) is 5.73.